The Hall–Kier alpha value is -3.22. The van der Waals surface area contributed by atoms with Crippen molar-refractivity contribution in [2.45, 2.75) is 13.0 Å². The maximum atomic E-state index is 13.6. The van der Waals surface area contributed by atoms with Gasteiger partial charge in [-0.25, -0.2) is 13.8 Å². The van der Waals surface area contributed by atoms with E-state index in [0.717, 1.165) is 17.3 Å². The number of rotatable bonds is 6. The van der Waals surface area contributed by atoms with E-state index in [-0.39, 0.29) is 0 Å². The molecule has 27 heavy (non-hydrogen) atoms. The number of aromatic nitrogens is 1. The molecule has 2 aromatic carbocycles. The Morgan fingerprint density at radius 3 is 2.67 bits per heavy atom. The third-order valence-electron chi connectivity index (χ3n) is 3.93. The minimum absolute atomic E-state index is 0.412. The molecule has 5 nitrogen and oxygen atoms in total. The Morgan fingerprint density at radius 1 is 1.11 bits per heavy atom. The minimum atomic E-state index is -0.579. The maximum Gasteiger partial charge on any atom is 0.226 e. The summed E-state index contributed by atoms with van der Waals surface area (Å²) in [6, 6.07) is 13.2. The fourth-order valence-electron chi connectivity index (χ4n) is 2.54. The Balaban J connectivity index is 1.49. The van der Waals surface area contributed by atoms with Gasteiger partial charge < -0.3 is 15.1 Å². The van der Waals surface area contributed by atoms with Gasteiger partial charge in [0.05, 0.1) is 12.2 Å². The highest BCUT2D eigenvalue weighted by Crippen LogP contribution is 2.17. The lowest BCUT2D eigenvalue weighted by atomic mass is 10.1. The second-order valence-corrected chi connectivity index (χ2v) is 5.85. The first-order chi connectivity index (χ1) is 13.2. The molecular weight excluding hydrogens is 350 g/mol. The number of nitrogens with zero attached hydrogens (tertiary/aromatic N) is 2. The minimum Gasteiger partial charge on any atom is -0.444 e. The predicted octanol–water partition coefficient (Wildman–Crippen LogP) is 3.53. The van der Waals surface area contributed by atoms with Crippen molar-refractivity contribution in [3.05, 3.63) is 77.7 Å². The van der Waals surface area contributed by atoms with E-state index in [1.54, 1.807) is 13.3 Å². The van der Waals surface area contributed by atoms with Crippen molar-refractivity contribution in [1.82, 2.24) is 15.6 Å². The van der Waals surface area contributed by atoms with Crippen LogP contribution in [0.4, 0.5) is 8.78 Å². The van der Waals surface area contributed by atoms with Crippen LogP contribution in [0.25, 0.3) is 11.5 Å². The Bertz CT molecular complexity index is 909. The maximum absolute atomic E-state index is 13.6. The van der Waals surface area contributed by atoms with Crippen LogP contribution < -0.4 is 10.6 Å². The summed E-state index contributed by atoms with van der Waals surface area (Å²) in [4.78, 5) is 8.56. The number of hydrogen-bond donors (Lipinski definition) is 2. The van der Waals surface area contributed by atoms with E-state index in [9.17, 15) is 8.78 Å². The highest BCUT2D eigenvalue weighted by atomic mass is 19.1. The van der Waals surface area contributed by atoms with Gasteiger partial charge in [0.2, 0.25) is 5.89 Å². The molecule has 1 heterocycles. The zero-order valence-electron chi connectivity index (χ0n) is 14.9. The van der Waals surface area contributed by atoms with Crippen LogP contribution in [0.1, 0.15) is 11.3 Å². The molecule has 0 aliphatic rings. The van der Waals surface area contributed by atoms with Gasteiger partial charge in [0.25, 0.3) is 0 Å². The molecule has 3 rings (SSSR count). The van der Waals surface area contributed by atoms with Crippen LogP contribution in [-0.2, 0) is 13.0 Å². The standard InChI is InChI=1S/C20H20F2N4O/c1-23-20(24-10-9-14-7-8-16(21)11-18(14)22)25-12-17-13-27-19(26-17)15-5-3-2-4-6-15/h2-8,11,13H,9-10,12H2,1H3,(H2,23,24,25). The molecule has 0 atom stereocenters. The van der Waals surface area contributed by atoms with E-state index in [4.69, 9.17) is 4.42 Å². The lowest BCUT2D eigenvalue weighted by Crippen LogP contribution is -2.38. The first-order valence-corrected chi connectivity index (χ1v) is 8.54. The molecule has 0 saturated carbocycles. The molecule has 140 valence electrons. The first-order valence-electron chi connectivity index (χ1n) is 8.54. The summed E-state index contributed by atoms with van der Waals surface area (Å²) in [5.41, 5.74) is 2.09. The van der Waals surface area contributed by atoms with Crippen molar-refractivity contribution < 1.29 is 13.2 Å². The smallest absolute Gasteiger partial charge is 0.226 e. The number of nitrogens with one attached hydrogen (secondary N) is 2. The fraction of sp³-hybridized carbons (Fsp3) is 0.200. The topological polar surface area (TPSA) is 62.5 Å². The first kappa shape index (κ1) is 18.6. The van der Waals surface area contributed by atoms with E-state index < -0.39 is 11.6 Å². The summed E-state index contributed by atoms with van der Waals surface area (Å²) in [7, 11) is 1.64. The van der Waals surface area contributed by atoms with Crippen LogP contribution in [-0.4, -0.2) is 24.5 Å². The molecule has 0 amide bonds. The van der Waals surface area contributed by atoms with Crippen molar-refractivity contribution >= 4 is 5.96 Å². The summed E-state index contributed by atoms with van der Waals surface area (Å²) in [5.74, 6) is -0.0103. The Labute approximate surface area is 156 Å². The van der Waals surface area contributed by atoms with Gasteiger partial charge in [-0.1, -0.05) is 24.3 Å². The summed E-state index contributed by atoms with van der Waals surface area (Å²) < 4.78 is 32.1. The highest BCUT2D eigenvalue weighted by Gasteiger charge is 2.08. The van der Waals surface area contributed by atoms with Gasteiger partial charge >= 0.3 is 0 Å². The Kier molecular flexibility index (Phi) is 6.14. The number of halogens is 2. The average Bonchev–Trinajstić information content (AvgIpc) is 3.16. The molecule has 0 spiro atoms. The van der Waals surface area contributed by atoms with Crippen LogP contribution in [0.2, 0.25) is 0 Å². The molecule has 3 aromatic rings. The molecule has 0 radical (unpaired) electrons. The van der Waals surface area contributed by atoms with Crippen LogP contribution in [0.3, 0.4) is 0 Å². The summed E-state index contributed by atoms with van der Waals surface area (Å²) >= 11 is 0. The molecule has 0 saturated heterocycles. The number of benzene rings is 2. The summed E-state index contributed by atoms with van der Waals surface area (Å²) in [5, 5.41) is 6.21. The van der Waals surface area contributed by atoms with Gasteiger partial charge in [0, 0.05) is 25.2 Å². The molecule has 0 aliphatic heterocycles. The molecule has 0 aliphatic carbocycles. The van der Waals surface area contributed by atoms with Gasteiger partial charge in [-0.05, 0) is 30.2 Å². The second kappa shape index (κ2) is 8.93. The molecule has 0 bridgehead atoms. The molecular formula is C20H20F2N4O. The summed E-state index contributed by atoms with van der Waals surface area (Å²) in [6.45, 7) is 0.886. The predicted molar refractivity (Wildman–Crippen MR) is 100 cm³/mol. The van der Waals surface area contributed by atoms with Crippen molar-refractivity contribution in [3.63, 3.8) is 0 Å². The fourth-order valence-corrected chi connectivity index (χ4v) is 2.54. The van der Waals surface area contributed by atoms with Crippen molar-refractivity contribution in [1.29, 1.82) is 0 Å². The molecule has 0 fully saturated rings. The van der Waals surface area contributed by atoms with Crippen LogP contribution in [0, 0.1) is 11.6 Å². The number of hydrogen-bond acceptors (Lipinski definition) is 3. The van der Waals surface area contributed by atoms with E-state index in [1.807, 2.05) is 30.3 Å². The monoisotopic (exact) mass is 370 g/mol. The lowest BCUT2D eigenvalue weighted by molar-refractivity contribution is 0.570. The average molecular weight is 370 g/mol. The third kappa shape index (κ3) is 5.13. The quantitative estimate of drug-likeness (QED) is 0.515. The van der Waals surface area contributed by atoms with E-state index in [2.05, 4.69) is 20.6 Å². The van der Waals surface area contributed by atoms with Crippen molar-refractivity contribution in [2.75, 3.05) is 13.6 Å². The second-order valence-electron chi connectivity index (χ2n) is 5.85. The molecule has 2 N–H and O–H groups in total. The zero-order valence-corrected chi connectivity index (χ0v) is 14.9. The number of oxazole rings is 1. The van der Waals surface area contributed by atoms with Crippen molar-refractivity contribution in [2.24, 2.45) is 4.99 Å². The van der Waals surface area contributed by atoms with Crippen LogP contribution in [0.15, 0.2) is 64.2 Å². The van der Waals surface area contributed by atoms with E-state index >= 15 is 0 Å². The van der Waals surface area contributed by atoms with E-state index in [1.165, 1.54) is 12.1 Å². The van der Waals surface area contributed by atoms with Crippen LogP contribution in [0.5, 0.6) is 0 Å². The number of aliphatic imine (C=N–C) groups is 1. The number of guanidine groups is 1. The van der Waals surface area contributed by atoms with Gasteiger partial charge in [0.15, 0.2) is 5.96 Å². The van der Waals surface area contributed by atoms with Gasteiger partial charge in [-0.15, -0.1) is 0 Å². The highest BCUT2D eigenvalue weighted by molar-refractivity contribution is 5.79. The molecule has 7 heteroatoms. The Morgan fingerprint density at radius 2 is 1.93 bits per heavy atom. The largest absolute Gasteiger partial charge is 0.444 e. The molecule has 1 aromatic heterocycles. The van der Waals surface area contributed by atoms with E-state index in [0.29, 0.717) is 36.9 Å². The zero-order chi connectivity index (χ0) is 19.1. The van der Waals surface area contributed by atoms with Crippen molar-refractivity contribution in [3.8, 4) is 11.5 Å². The van der Waals surface area contributed by atoms with Crippen LogP contribution >= 0.6 is 0 Å². The van der Waals surface area contributed by atoms with Gasteiger partial charge in [0.1, 0.15) is 17.9 Å². The third-order valence-corrected chi connectivity index (χ3v) is 3.93. The molecule has 0 unspecified atom stereocenters. The lowest BCUT2D eigenvalue weighted by Gasteiger charge is -2.11. The van der Waals surface area contributed by atoms with Gasteiger partial charge in [-0.2, -0.15) is 0 Å². The SMILES string of the molecule is CN=C(NCCc1ccc(F)cc1F)NCc1coc(-c2ccccc2)n1. The normalized spacial score (nSPS) is 11.4. The summed E-state index contributed by atoms with van der Waals surface area (Å²) in [6.07, 6.45) is 2.01. The van der Waals surface area contributed by atoms with Gasteiger partial charge in [-0.3, -0.25) is 4.99 Å².